The van der Waals surface area contributed by atoms with E-state index in [9.17, 15) is 13.2 Å². The van der Waals surface area contributed by atoms with Crippen molar-refractivity contribution in [2.75, 3.05) is 11.4 Å². The summed E-state index contributed by atoms with van der Waals surface area (Å²) in [6.45, 7) is 0.464. The number of pyridine rings is 1. The monoisotopic (exact) mass is 453 g/mol. The van der Waals surface area contributed by atoms with Gasteiger partial charge in [0.15, 0.2) is 0 Å². The third kappa shape index (κ3) is 3.20. The number of aromatic nitrogens is 8. The lowest BCUT2D eigenvalue weighted by Gasteiger charge is -2.32. The van der Waals surface area contributed by atoms with Crippen LogP contribution in [0.4, 0.5) is 19.2 Å². The molecular weight excluding hydrogens is 439 g/mol. The Kier molecular flexibility index (Phi) is 4.18. The Bertz CT molecular complexity index is 1440. The minimum absolute atomic E-state index is 0.0465. The van der Waals surface area contributed by atoms with Gasteiger partial charge >= 0.3 is 12.2 Å². The summed E-state index contributed by atoms with van der Waals surface area (Å²) in [7, 11) is 0. The fourth-order valence-corrected chi connectivity index (χ4v) is 4.04. The summed E-state index contributed by atoms with van der Waals surface area (Å²) in [5.41, 5.74) is 1.54. The maximum Gasteiger partial charge on any atom is 0.418 e. The summed E-state index contributed by atoms with van der Waals surface area (Å²) in [5, 5.41) is 12.7. The summed E-state index contributed by atoms with van der Waals surface area (Å²) in [5.74, 6) is 0.202. The smallest absolute Gasteiger partial charge is 0.402 e. The van der Waals surface area contributed by atoms with Crippen molar-refractivity contribution in [2.45, 2.75) is 18.6 Å². The zero-order valence-electron chi connectivity index (χ0n) is 16.7. The number of H-pyrrole nitrogens is 1. The van der Waals surface area contributed by atoms with E-state index >= 15 is 0 Å². The van der Waals surface area contributed by atoms with E-state index in [2.05, 4.69) is 35.2 Å². The Labute approximate surface area is 183 Å². The molecule has 1 aliphatic rings. The lowest BCUT2D eigenvalue weighted by atomic mass is 10.00. The summed E-state index contributed by atoms with van der Waals surface area (Å²) in [6, 6.07) is 4.97. The van der Waals surface area contributed by atoms with Crippen molar-refractivity contribution in [1.29, 1.82) is 0 Å². The fraction of sp³-hybridized carbons (Fsp3) is 0.200. The Morgan fingerprint density at radius 2 is 2.06 bits per heavy atom. The van der Waals surface area contributed by atoms with Crippen LogP contribution in [0.3, 0.4) is 0 Å². The molecule has 0 saturated carbocycles. The van der Waals surface area contributed by atoms with Gasteiger partial charge < -0.3 is 14.3 Å². The highest BCUT2D eigenvalue weighted by Crippen LogP contribution is 2.38. The number of rotatable bonds is 3. The molecule has 0 unspecified atom stereocenters. The number of hydrogen-bond acceptors (Lipinski definition) is 8. The van der Waals surface area contributed by atoms with Gasteiger partial charge in [-0.05, 0) is 24.3 Å². The fourth-order valence-electron chi connectivity index (χ4n) is 4.04. The van der Waals surface area contributed by atoms with Crippen LogP contribution in [0.1, 0.15) is 28.7 Å². The van der Waals surface area contributed by atoms with Crippen molar-refractivity contribution in [1.82, 2.24) is 39.7 Å². The highest BCUT2D eigenvalue weighted by Gasteiger charge is 2.38. The molecule has 10 nitrogen and oxygen atoms in total. The highest BCUT2D eigenvalue weighted by molar-refractivity contribution is 5.59. The number of nitrogens with one attached hydrogen (secondary N) is 1. The number of nitrogens with zero attached hydrogens (tertiary/aromatic N) is 8. The van der Waals surface area contributed by atoms with E-state index < -0.39 is 17.8 Å². The molecule has 6 rings (SSSR count). The zero-order valence-corrected chi connectivity index (χ0v) is 16.7. The van der Waals surface area contributed by atoms with Gasteiger partial charge in [0.05, 0.1) is 28.8 Å². The predicted molar refractivity (Wildman–Crippen MR) is 107 cm³/mol. The average molecular weight is 453 g/mol. The first kappa shape index (κ1) is 19.4. The van der Waals surface area contributed by atoms with Crippen LogP contribution in [0.15, 0.2) is 53.7 Å². The van der Waals surface area contributed by atoms with Gasteiger partial charge in [-0.3, -0.25) is 0 Å². The maximum absolute atomic E-state index is 13.6. The molecule has 5 aromatic heterocycles. The van der Waals surface area contributed by atoms with Crippen LogP contribution in [0.2, 0.25) is 0 Å². The number of alkyl halides is 3. The van der Waals surface area contributed by atoms with Crippen molar-refractivity contribution in [3.8, 4) is 11.6 Å². The number of fused-ring (bicyclic) bond motifs is 2. The lowest BCUT2D eigenvalue weighted by Crippen LogP contribution is -2.36. The first-order valence-corrected chi connectivity index (χ1v) is 9.93. The minimum Gasteiger partial charge on any atom is -0.402 e. The Morgan fingerprint density at radius 1 is 1.15 bits per heavy atom. The summed E-state index contributed by atoms with van der Waals surface area (Å²) < 4.78 is 47.7. The van der Waals surface area contributed by atoms with Gasteiger partial charge in [0.2, 0.25) is 0 Å². The molecule has 0 amide bonds. The van der Waals surface area contributed by atoms with Gasteiger partial charge in [0.25, 0.3) is 5.89 Å². The largest absolute Gasteiger partial charge is 0.418 e. The number of anilines is 1. The third-order valence-corrected chi connectivity index (χ3v) is 5.49. The van der Waals surface area contributed by atoms with Gasteiger partial charge in [-0.25, -0.2) is 19.5 Å². The molecule has 33 heavy (non-hydrogen) atoms. The molecule has 6 heterocycles. The molecule has 1 N–H and O–H groups in total. The van der Waals surface area contributed by atoms with E-state index in [4.69, 9.17) is 4.42 Å². The summed E-state index contributed by atoms with van der Waals surface area (Å²) >= 11 is 0. The van der Waals surface area contributed by atoms with E-state index in [0.29, 0.717) is 30.0 Å². The van der Waals surface area contributed by atoms with Gasteiger partial charge in [-0.1, -0.05) is 5.10 Å². The van der Waals surface area contributed by atoms with E-state index in [-0.39, 0.29) is 17.4 Å². The average Bonchev–Trinajstić information content (AvgIpc) is 3.56. The molecule has 0 saturated heterocycles. The summed E-state index contributed by atoms with van der Waals surface area (Å²) in [6.07, 6.45) is 2.06. The number of imidazole rings is 1. The van der Waals surface area contributed by atoms with Crippen molar-refractivity contribution in [3.05, 3.63) is 72.0 Å². The van der Waals surface area contributed by atoms with Crippen molar-refractivity contribution < 1.29 is 17.6 Å². The van der Waals surface area contributed by atoms with Gasteiger partial charge in [-0.2, -0.15) is 18.3 Å². The van der Waals surface area contributed by atoms with Crippen LogP contribution in [0, 0.1) is 0 Å². The third-order valence-electron chi connectivity index (χ3n) is 5.49. The van der Waals surface area contributed by atoms with Crippen LogP contribution >= 0.6 is 0 Å². The Hall–Kier alpha value is -4.29. The van der Waals surface area contributed by atoms with Crippen molar-refractivity contribution >= 4 is 11.5 Å². The lowest BCUT2D eigenvalue weighted by molar-refractivity contribution is -0.136. The molecule has 1 atom stereocenters. The molecule has 0 bridgehead atoms. The molecule has 0 radical (unpaired) electrons. The molecule has 0 aliphatic carbocycles. The Balaban J connectivity index is 1.47. The first-order chi connectivity index (χ1) is 16.0. The first-order valence-electron chi connectivity index (χ1n) is 9.93. The number of aromatic amines is 1. The normalized spacial score (nSPS) is 16.3. The SMILES string of the molecule is FC(F)(F)c1cccn2nc([C@H]3c4nc[nH]c4CCN3c3nnc(-c4ccncn4)o3)cc12. The van der Waals surface area contributed by atoms with Crippen molar-refractivity contribution in [2.24, 2.45) is 0 Å². The molecule has 0 fully saturated rings. The van der Waals surface area contributed by atoms with Gasteiger partial charge in [0, 0.05) is 31.1 Å². The second kappa shape index (κ2) is 7.12. The van der Waals surface area contributed by atoms with Crippen molar-refractivity contribution in [3.63, 3.8) is 0 Å². The molecular formula is C20H14F3N9O. The summed E-state index contributed by atoms with van der Waals surface area (Å²) in [4.78, 5) is 17.3. The van der Waals surface area contributed by atoms with E-state index in [1.807, 2.05) is 0 Å². The van der Waals surface area contributed by atoms with E-state index in [0.717, 1.165) is 11.8 Å². The van der Waals surface area contributed by atoms with Crippen LogP contribution in [-0.4, -0.2) is 46.3 Å². The molecule has 0 spiro atoms. The second-order valence-electron chi connectivity index (χ2n) is 7.42. The van der Waals surface area contributed by atoms with Crippen LogP contribution in [0.25, 0.3) is 17.1 Å². The molecule has 5 aromatic rings. The quantitative estimate of drug-likeness (QED) is 0.443. The topological polar surface area (TPSA) is 114 Å². The maximum atomic E-state index is 13.6. The van der Waals surface area contributed by atoms with Crippen LogP contribution < -0.4 is 4.90 Å². The molecule has 1 aliphatic heterocycles. The highest BCUT2D eigenvalue weighted by atomic mass is 19.4. The van der Waals surface area contributed by atoms with Crippen LogP contribution in [-0.2, 0) is 12.6 Å². The number of hydrogen-bond donors (Lipinski definition) is 1. The second-order valence-corrected chi connectivity index (χ2v) is 7.42. The number of halogens is 3. The predicted octanol–water partition coefficient (Wildman–Crippen LogP) is 3.07. The Morgan fingerprint density at radius 3 is 2.88 bits per heavy atom. The van der Waals surface area contributed by atoms with E-state index in [1.54, 1.807) is 23.5 Å². The molecule has 166 valence electrons. The molecule has 13 heteroatoms. The van der Waals surface area contributed by atoms with E-state index in [1.165, 1.54) is 29.2 Å². The minimum atomic E-state index is -4.51. The zero-order chi connectivity index (χ0) is 22.6. The van der Waals surface area contributed by atoms with Gasteiger partial charge in [-0.15, -0.1) is 5.10 Å². The molecule has 0 aromatic carbocycles. The van der Waals surface area contributed by atoms with Crippen LogP contribution in [0.5, 0.6) is 0 Å². The van der Waals surface area contributed by atoms with Gasteiger partial charge in [0.1, 0.15) is 18.1 Å². The standard InChI is InChI=1S/C20H14F3N9O/c21-20(22,23)11-2-1-6-32-15(11)8-14(30-32)17-16-12(26-10-27-16)4-7-31(17)19-29-28-18(33-19)13-3-5-24-9-25-13/h1-3,5-6,8-10,17H,4,7H2,(H,26,27)/t17-/m0/s1.